The number of rotatable bonds is 6. The molecular weight excluding hydrogens is 358 g/mol. The number of para-hydroxylation sites is 2. The zero-order chi connectivity index (χ0) is 17.6. The van der Waals surface area contributed by atoms with E-state index in [-0.39, 0.29) is 5.91 Å². The lowest BCUT2D eigenvalue weighted by Crippen LogP contribution is -2.49. The molecule has 0 bridgehead atoms. The molecule has 2 aromatic rings. The molecule has 0 saturated carbocycles. The molecule has 1 fully saturated rings. The lowest BCUT2D eigenvalue weighted by atomic mass is 10.2. The maximum atomic E-state index is 12.1. The molecule has 1 amide bonds. The molecule has 3 rings (SSSR count). The van der Waals surface area contributed by atoms with Crippen LogP contribution in [0.1, 0.15) is 4.88 Å². The third kappa shape index (κ3) is 4.87. The fraction of sp³-hybridized carbons (Fsp3) is 0.389. The molecule has 1 aromatic heterocycles. The molecule has 1 aliphatic rings. The Balaban J connectivity index is 1.45. The van der Waals surface area contributed by atoms with Gasteiger partial charge in [0.2, 0.25) is 5.91 Å². The summed E-state index contributed by atoms with van der Waals surface area (Å²) in [6.45, 7) is 4.45. The molecule has 0 spiro atoms. The van der Waals surface area contributed by atoms with Crippen molar-refractivity contribution >= 4 is 34.5 Å². The average molecular weight is 380 g/mol. The third-order valence-electron chi connectivity index (χ3n) is 4.25. The molecule has 1 aliphatic heterocycles. The van der Waals surface area contributed by atoms with E-state index in [0.717, 1.165) is 46.8 Å². The van der Waals surface area contributed by atoms with E-state index in [0.29, 0.717) is 13.1 Å². The topological polar surface area (TPSA) is 44.8 Å². The minimum atomic E-state index is 0.0512. The minimum absolute atomic E-state index is 0.0512. The van der Waals surface area contributed by atoms with Gasteiger partial charge in [-0.15, -0.1) is 11.3 Å². The summed E-state index contributed by atoms with van der Waals surface area (Å²) in [5, 5.41) is 2.96. The number of methoxy groups -OCH3 is 1. The molecule has 0 atom stereocenters. The van der Waals surface area contributed by atoms with Crippen LogP contribution in [0.2, 0.25) is 4.34 Å². The van der Waals surface area contributed by atoms with Gasteiger partial charge >= 0.3 is 0 Å². The van der Waals surface area contributed by atoms with Crippen LogP contribution in [0.5, 0.6) is 5.75 Å². The number of thiophene rings is 1. The summed E-state index contributed by atoms with van der Waals surface area (Å²) < 4.78 is 6.18. The van der Waals surface area contributed by atoms with Crippen molar-refractivity contribution < 1.29 is 9.53 Å². The monoisotopic (exact) mass is 379 g/mol. The van der Waals surface area contributed by atoms with E-state index in [4.69, 9.17) is 16.3 Å². The second-order valence-corrected chi connectivity index (χ2v) is 7.72. The van der Waals surface area contributed by atoms with Gasteiger partial charge in [-0.3, -0.25) is 9.69 Å². The summed E-state index contributed by atoms with van der Waals surface area (Å²) in [5.74, 6) is 0.943. The molecule has 5 nitrogen and oxygen atoms in total. The Kier molecular flexibility index (Phi) is 6.18. The van der Waals surface area contributed by atoms with Gasteiger partial charge in [0.15, 0.2) is 0 Å². The highest BCUT2D eigenvalue weighted by Gasteiger charge is 2.20. The molecule has 0 radical (unpaired) electrons. The molecule has 134 valence electrons. The first-order chi connectivity index (χ1) is 12.2. The predicted molar refractivity (Wildman–Crippen MR) is 103 cm³/mol. The molecule has 1 saturated heterocycles. The van der Waals surface area contributed by atoms with E-state index in [2.05, 4.69) is 21.2 Å². The van der Waals surface area contributed by atoms with Gasteiger partial charge in [0.05, 0.1) is 30.2 Å². The number of carbonyl (C=O) groups excluding carboxylic acids is 1. The van der Waals surface area contributed by atoms with Gasteiger partial charge in [0, 0.05) is 31.1 Å². The van der Waals surface area contributed by atoms with Crippen LogP contribution < -0.4 is 15.0 Å². The van der Waals surface area contributed by atoms with Crippen molar-refractivity contribution in [3.05, 3.63) is 45.6 Å². The molecule has 0 aliphatic carbocycles. The highest BCUT2D eigenvalue weighted by atomic mass is 35.5. The van der Waals surface area contributed by atoms with Gasteiger partial charge in [-0.05, 0) is 24.3 Å². The Bertz CT molecular complexity index is 714. The summed E-state index contributed by atoms with van der Waals surface area (Å²) in [4.78, 5) is 17.7. The number of hydrogen-bond donors (Lipinski definition) is 1. The van der Waals surface area contributed by atoms with E-state index in [1.165, 1.54) is 11.3 Å². The molecule has 1 N–H and O–H groups in total. The van der Waals surface area contributed by atoms with Crippen LogP contribution in [0.3, 0.4) is 0 Å². The smallest absolute Gasteiger partial charge is 0.234 e. The fourth-order valence-electron chi connectivity index (χ4n) is 2.93. The third-order valence-corrected chi connectivity index (χ3v) is 5.49. The average Bonchev–Trinajstić information content (AvgIpc) is 3.06. The maximum absolute atomic E-state index is 12.1. The normalized spacial score (nSPS) is 15.2. The van der Waals surface area contributed by atoms with Crippen LogP contribution in [0.15, 0.2) is 36.4 Å². The standard InChI is InChI=1S/C18H22ClN3O2S/c1-24-16-5-3-2-4-15(16)22-10-8-21(9-11-22)13-18(23)20-12-14-6-7-17(19)25-14/h2-7H,8-13H2,1H3,(H,20,23). The number of benzene rings is 1. The maximum Gasteiger partial charge on any atom is 0.234 e. The van der Waals surface area contributed by atoms with E-state index in [9.17, 15) is 4.79 Å². The fourth-order valence-corrected chi connectivity index (χ4v) is 3.96. The number of amides is 1. The van der Waals surface area contributed by atoms with Gasteiger partial charge < -0.3 is 15.0 Å². The van der Waals surface area contributed by atoms with Crippen LogP contribution in [0, 0.1) is 0 Å². The van der Waals surface area contributed by atoms with Crippen LogP contribution in [-0.2, 0) is 11.3 Å². The summed E-state index contributed by atoms with van der Waals surface area (Å²) in [6.07, 6.45) is 0. The lowest BCUT2D eigenvalue weighted by molar-refractivity contribution is -0.122. The summed E-state index contributed by atoms with van der Waals surface area (Å²) >= 11 is 7.40. The largest absolute Gasteiger partial charge is 0.495 e. The number of piperazine rings is 1. The molecule has 2 heterocycles. The number of nitrogens with zero attached hydrogens (tertiary/aromatic N) is 2. The molecule has 1 aromatic carbocycles. The summed E-state index contributed by atoms with van der Waals surface area (Å²) in [5.41, 5.74) is 1.11. The first kappa shape index (κ1) is 18.0. The Morgan fingerprint density at radius 3 is 2.64 bits per heavy atom. The lowest BCUT2D eigenvalue weighted by Gasteiger charge is -2.36. The van der Waals surface area contributed by atoms with Crippen molar-refractivity contribution in [2.24, 2.45) is 0 Å². The van der Waals surface area contributed by atoms with Gasteiger partial charge in [-0.1, -0.05) is 23.7 Å². The SMILES string of the molecule is COc1ccccc1N1CCN(CC(=O)NCc2ccc(Cl)s2)CC1. The van der Waals surface area contributed by atoms with Crippen molar-refractivity contribution in [1.82, 2.24) is 10.2 Å². The number of anilines is 1. The Morgan fingerprint density at radius 1 is 1.20 bits per heavy atom. The van der Waals surface area contributed by atoms with Crippen molar-refractivity contribution in [3.63, 3.8) is 0 Å². The van der Waals surface area contributed by atoms with Crippen molar-refractivity contribution in [3.8, 4) is 5.75 Å². The van der Waals surface area contributed by atoms with Crippen LogP contribution in [0.4, 0.5) is 5.69 Å². The van der Waals surface area contributed by atoms with E-state index >= 15 is 0 Å². The van der Waals surface area contributed by atoms with Gasteiger partial charge in [0.1, 0.15) is 5.75 Å². The van der Waals surface area contributed by atoms with Crippen molar-refractivity contribution in [2.75, 3.05) is 44.7 Å². The summed E-state index contributed by atoms with van der Waals surface area (Å²) in [7, 11) is 1.69. The second-order valence-electron chi connectivity index (χ2n) is 5.92. The Morgan fingerprint density at radius 2 is 1.96 bits per heavy atom. The molecular formula is C18H22ClN3O2S. The molecule has 0 unspecified atom stereocenters. The number of nitrogens with one attached hydrogen (secondary N) is 1. The number of ether oxygens (including phenoxy) is 1. The number of carbonyl (C=O) groups is 1. The Labute approximate surface area is 157 Å². The van der Waals surface area contributed by atoms with Gasteiger partial charge in [-0.25, -0.2) is 0 Å². The van der Waals surface area contributed by atoms with Gasteiger partial charge in [0.25, 0.3) is 0 Å². The number of halogens is 1. The van der Waals surface area contributed by atoms with Crippen LogP contribution in [0.25, 0.3) is 0 Å². The Hall–Kier alpha value is -1.76. The van der Waals surface area contributed by atoms with Crippen LogP contribution in [-0.4, -0.2) is 50.6 Å². The number of hydrogen-bond acceptors (Lipinski definition) is 5. The highest BCUT2D eigenvalue weighted by molar-refractivity contribution is 7.16. The zero-order valence-electron chi connectivity index (χ0n) is 14.2. The van der Waals surface area contributed by atoms with Crippen molar-refractivity contribution in [1.29, 1.82) is 0 Å². The first-order valence-electron chi connectivity index (χ1n) is 8.27. The predicted octanol–water partition coefficient (Wildman–Crippen LogP) is 2.85. The highest BCUT2D eigenvalue weighted by Crippen LogP contribution is 2.28. The molecule has 25 heavy (non-hydrogen) atoms. The van der Waals surface area contributed by atoms with Crippen LogP contribution >= 0.6 is 22.9 Å². The zero-order valence-corrected chi connectivity index (χ0v) is 15.8. The van der Waals surface area contributed by atoms with Crippen molar-refractivity contribution in [2.45, 2.75) is 6.54 Å². The van der Waals surface area contributed by atoms with E-state index in [1.54, 1.807) is 7.11 Å². The van der Waals surface area contributed by atoms with Gasteiger partial charge in [-0.2, -0.15) is 0 Å². The second kappa shape index (κ2) is 8.56. The summed E-state index contributed by atoms with van der Waals surface area (Å²) in [6, 6.07) is 11.8. The quantitative estimate of drug-likeness (QED) is 0.838. The van der Waals surface area contributed by atoms with E-state index < -0.39 is 0 Å². The minimum Gasteiger partial charge on any atom is -0.495 e. The first-order valence-corrected chi connectivity index (χ1v) is 9.46. The molecule has 7 heteroatoms. The van der Waals surface area contributed by atoms with E-state index in [1.807, 2.05) is 30.3 Å².